The minimum Gasteiger partial charge on any atom is -0.368 e. The maximum absolute atomic E-state index is 13.3. The fourth-order valence-corrected chi connectivity index (χ4v) is 3.06. The van der Waals surface area contributed by atoms with Crippen molar-refractivity contribution in [2.24, 2.45) is 0 Å². The lowest BCUT2D eigenvalue weighted by molar-refractivity contribution is 0.0735. The zero-order valence-electron chi connectivity index (χ0n) is 16.1. The number of carbonyl (C=O) groups excluding carboxylic acids is 1. The first-order valence-corrected chi connectivity index (χ1v) is 9.47. The second kappa shape index (κ2) is 8.84. The van der Waals surface area contributed by atoms with Crippen molar-refractivity contribution in [2.45, 2.75) is 26.3 Å². The molecule has 2 aromatic heterocycles. The van der Waals surface area contributed by atoms with Gasteiger partial charge in [-0.05, 0) is 37.6 Å². The number of amides is 1. The molecule has 1 atom stereocenters. The van der Waals surface area contributed by atoms with Crippen molar-refractivity contribution in [3.63, 3.8) is 0 Å². The molecule has 0 unspecified atom stereocenters. The van der Waals surface area contributed by atoms with E-state index >= 15 is 0 Å². The second-order valence-electron chi connectivity index (χ2n) is 6.56. The number of anilines is 1. The molecule has 1 amide bonds. The molecule has 0 aliphatic rings. The molecule has 146 valence electrons. The molecule has 8 heteroatoms. The van der Waals surface area contributed by atoms with Crippen LogP contribution >= 0.6 is 11.6 Å². The van der Waals surface area contributed by atoms with Gasteiger partial charge in [-0.3, -0.25) is 4.79 Å². The number of hydrogen-bond acceptors (Lipinski definition) is 5. The molecule has 2 heterocycles. The minimum absolute atomic E-state index is 0.0103. The predicted molar refractivity (Wildman–Crippen MR) is 110 cm³/mol. The lowest BCUT2D eigenvalue weighted by Gasteiger charge is -2.28. The number of nitrogens with zero attached hydrogens (tertiary/aromatic N) is 5. The highest BCUT2D eigenvalue weighted by atomic mass is 35.5. The van der Waals surface area contributed by atoms with Gasteiger partial charge in [0.05, 0.1) is 28.7 Å². The quantitative estimate of drug-likeness (QED) is 0.658. The SMILES string of the molecule is CC[C@@H](CNc1ccc(Cl)cn1)N(C)C(=O)c1cc(C)ccc1-n1nccn1. The van der Waals surface area contributed by atoms with E-state index in [1.807, 2.05) is 38.2 Å². The highest BCUT2D eigenvalue weighted by Crippen LogP contribution is 2.19. The van der Waals surface area contributed by atoms with E-state index in [0.717, 1.165) is 17.8 Å². The van der Waals surface area contributed by atoms with Crippen LogP contribution < -0.4 is 5.32 Å². The van der Waals surface area contributed by atoms with Crippen molar-refractivity contribution in [2.75, 3.05) is 18.9 Å². The predicted octanol–water partition coefficient (Wildman–Crippen LogP) is 3.59. The molecule has 0 radical (unpaired) electrons. The molecule has 0 saturated carbocycles. The fraction of sp³-hybridized carbons (Fsp3) is 0.300. The summed E-state index contributed by atoms with van der Waals surface area (Å²) in [4.78, 5) is 20.7. The van der Waals surface area contributed by atoms with Gasteiger partial charge in [-0.1, -0.05) is 30.2 Å². The van der Waals surface area contributed by atoms with E-state index in [0.29, 0.717) is 22.8 Å². The van der Waals surface area contributed by atoms with Gasteiger partial charge in [0.1, 0.15) is 5.82 Å². The Kier molecular flexibility index (Phi) is 6.26. The molecule has 0 aliphatic heterocycles. The Hall–Kier alpha value is -2.93. The monoisotopic (exact) mass is 398 g/mol. The van der Waals surface area contributed by atoms with Crippen LogP contribution in [0.5, 0.6) is 0 Å². The number of carbonyl (C=O) groups is 1. The van der Waals surface area contributed by atoms with Crippen molar-refractivity contribution in [1.82, 2.24) is 24.9 Å². The highest BCUT2D eigenvalue weighted by molar-refractivity contribution is 6.30. The lowest BCUT2D eigenvalue weighted by atomic mass is 10.1. The Balaban J connectivity index is 1.78. The first-order valence-electron chi connectivity index (χ1n) is 9.09. The van der Waals surface area contributed by atoms with Crippen LogP contribution in [0.2, 0.25) is 5.02 Å². The van der Waals surface area contributed by atoms with Gasteiger partial charge in [0.15, 0.2) is 0 Å². The van der Waals surface area contributed by atoms with Crippen molar-refractivity contribution in [1.29, 1.82) is 0 Å². The second-order valence-corrected chi connectivity index (χ2v) is 7.00. The van der Waals surface area contributed by atoms with E-state index in [2.05, 4.69) is 27.4 Å². The molecule has 0 saturated heterocycles. The number of aryl methyl sites for hydroxylation is 1. The Morgan fingerprint density at radius 1 is 1.25 bits per heavy atom. The van der Waals surface area contributed by atoms with Crippen LogP contribution in [0.3, 0.4) is 0 Å². The van der Waals surface area contributed by atoms with Crippen molar-refractivity contribution < 1.29 is 4.79 Å². The molecule has 3 aromatic rings. The molecule has 1 aromatic carbocycles. The average Bonchev–Trinajstić information content (AvgIpc) is 3.23. The van der Waals surface area contributed by atoms with Gasteiger partial charge >= 0.3 is 0 Å². The van der Waals surface area contributed by atoms with Crippen LogP contribution in [-0.2, 0) is 0 Å². The Labute approximate surface area is 169 Å². The molecule has 3 rings (SSSR count). The smallest absolute Gasteiger partial charge is 0.256 e. The van der Waals surface area contributed by atoms with E-state index in [4.69, 9.17) is 11.6 Å². The molecular formula is C20H23ClN6O. The third-order valence-electron chi connectivity index (χ3n) is 4.60. The van der Waals surface area contributed by atoms with Gasteiger partial charge < -0.3 is 10.2 Å². The number of halogens is 1. The number of likely N-dealkylation sites (N-methyl/N-ethyl adjacent to an activating group) is 1. The van der Waals surface area contributed by atoms with E-state index in [1.165, 1.54) is 4.80 Å². The third kappa shape index (κ3) is 4.48. The molecule has 28 heavy (non-hydrogen) atoms. The number of nitrogens with one attached hydrogen (secondary N) is 1. The van der Waals surface area contributed by atoms with Gasteiger partial charge in [-0.15, -0.1) is 0 Å². The maximum atomic E-state index is 13.3. The molecular weight excluding hydrogens is 376 g/mol. The van der Waals surface area contributed by atoms with E-state index in [1.54, 1.807) is 29.6 Å². The summed E-state index contributed by atoms with van der Waals surface area (Å²) in [5.74, 6) is 0.648. The molecule has 0 bridgehead atoms. The van der Waals surface area contributed by atoms with Gasteiger partial charge in [-0.25, -0.2) is 4.98 Å². The van der Waals surface area contributed by atoms with E-state index in [9.17, 15) is 4.79 Å². The zero-order chi connectivity index (χ0) is 20.1. The van der Waals surface area contributed by atoms with Crippen molar-refractivity contribution in [3.8, 4) is 5.69 Å². The van der Waals surface area contributed by atoms with Crippen LogP contribution in [0.1, 0.15) is 29.3 Å². The van der Waals surface area contributed by atoms with Crippen molar-refractivity contribution in [3.05, 3.63) is 65.1 Å². The van der Waals surface area contributed by atoms with Crippen LogP contribution in [0, 0.1) is 6.92 Å². The van der Waals surface area contributed by atoms with Crippen molar-refractivity contribution >= 4 is 23.3 Å². The molecule has 1 N–H and O–H groups in total. The molecule has 0 aliphatic carbocycles. The first kappa shape index (κ1) is 19.8. The normalized spacial score (nSPS) is 11.9. The third-order valence-corrected chi connectivity index (χ3v) is 4.83. The standard InChI is InChI=1S/C20H23ClN6O/c1-4-16(13-23-19-8-6-15(21)12-22-19)26(3)20(28)17-11-14(2)5-7-18(17)27-24-9-10-25-27/h5-12,16H,4,13H2,1-3H3,(H,22,23)/t16-/m0/s1. The Bertz CT molecular complexity index is 926. The fourth-order valence-electron chi connectivity index (χ4n) is 2.95. The number of hydrogen-bond donors (Lipinski definition) is 1. The van der Waals surface area contributed by atoms with E-state index < -0.39 is 0 Å². The highest BCUT2D eigenvalue weighted by Gasteiger charge is 2.23. The summed E-state index contributed by atoms with van der Waals surface area (Å²) in [6, 6.07) is 9.28. The summed E-state index contributed by atoms with van der Waals surface area (Å²) in [5, 5.41) is 12.2. The summed E-state index contributed by atoms with van der Waals surface area (Å²) < 4.78 is 0. The number of pyridine rings is 1. The maximum Gasteiger partial charge on any atom is 0.256 e. The summed E-state index contributed by atoms with van der Waals surface area (Å²) >= 11 is 5.88. The number of aromatic nitrogens is 4. The average molecular weight is 399 g/mol. The minimum atomic E-state index is -0.0753. The lowest BCUT2D eigenvalue weighted by Crippen LogP contribution is -2.41. The van der Waals surface area contributed by atoms with E-state index in [-0.39, 0.29) is 11.9 Å². The number of benzene rings is 1. The summed E-state index contributed by atoms with van der Waals surface area (Å²) in [5.41, 5.74) is 2.24. The largest absolute Gasteiger partial charge is 0.368 e. The summed E-state index contributed by atoms with van der Waals surface area (Å²) in [6.45, 7) is 4.59. The van der Waals surface area contributed by atoms with Gasteiger partial charge in [0.25, 0.3) is 5.91 Å². The van der Waals surface area contributed by atoms with Crippen LogP contribution in [0.4, 0.5) is 5.82 Å². The molecule has 7 nitrogen and oxygen atoms in total. The molecule has 0 spiro atoms. The number of rotatable bonds is 7. The molecule has 0 fully saturated rings. The first-order chi connectivity index (χ1) is 13.5. The van der Waals surface area contributed by atoms with Crippen LogP contribution in [-0.4, -0.2) is 50.4 Å². The summed E-state index contributed by atoms with van der Waals surface area (Å²) in [7, 11) is 1.82. The van der Waals surface area contributed by atoms with Crippen LogP contribution in [0.15, 0.2) is 48.9 Å². The topological polar surface area (TPSA) is 75.9 Å². The van der Waals surface area contributed by atoms with Gasteiger partial charge in [-0.2, -0.15) is 15.0 Å². The Morgan fingerprint density at radius 3 is 2.64 bits per heavy atom. The summed E-state index contributed by atoms with van der Waals surface area (Å²) in [6.07, 6.45) is 5.57. The van der Waals surface area contributed by atoms with Gasteiger partial charge in [0.2, 0.25) is 0 Å². The zero-order valence-corrected chi connectivity index (χ0v) is 16.9. The van der Waals surface area contributed by atoms with Crippen LogP contribution in [0.25, 0.3) is 5.69 Å². The Morgan fingerprint density at radius 2 is 2.00 bits per heavy atom. The van der Waals surface area contributed by atoms with Gasteiger partial charge in [0, 0.05) is 25.8 Å².